The fourth-order valence-corrected chi connectivity index (χ4v) is 2.87. The molecule has 1 atom stereocenters. The van der Waals surface area contributed by atoms with E-state index in [1.165, 1.54) is 44.5 Å². The molecule has 1 aliphatic carbocycles. The third-order valence-corrected chi connectivity index (χ3v) is 4.12. The Labute approximate surface area is 115 Å². The molecule has 0 radical (unpaired) electrons. The largest absolute Gasteiger partial charge is 0.481 e. The second-order valence-electron chi connectivity index (χ2n) is 5.70. The lowest BCUT2D eigenvalue weighted by Crippen LogP contribution is -2.38. The van der Waals surface area contributed by atoms with E-state index in [-0.39, 0.29) is 0 Å². The number of nitrogens with one attached hydrogen (secondary N) is 1. The molecule has 4 nitrogen and oxygen atoms in total. The first kappa shape index (κ1) is 12.9. The van der Waals surface area contributed by atoms with Crippen LogP contribution < -0.4 is 10.1 Å². The monoisotopic (exact) mass is 261 g/mol. The molecule has 1 N–H and O–H groups in total. The van der Waals surface area contributed by atoms with Crippen LogP contribution in [0, 0.1) is 5.92 Å². The summed E-state index contributed by atoms with van der Waals surface area (Å²) in [5.41, 5.74) is 1.28. The zero-order chi connectivity index (χ0) is 13.1. The number of ether oxygens (including phenoxy) is 1. The Hall–Kier alpha value is -1.13. The summed E-state index contributed by atoms with van der Waals surface area (Å²) in [7, 11) is 1.66. The normalized spacial score (nSPS) is 25.0. The number of pyridine rings is 1. The minimum atomic E-state index is 0.692. The molecule has 0 aromatic carbocycles. The molecule has 1 saturated carbocycles. The van der Waals surface area contributed by atoms with Gasteiger partial charge in [-0.15, -0.1) is 0 Å². The average molecular weight is 261 g/mol. The number of hydrogen-bond acceptors (Lipinski definition) is 4. The summed E-state index contributed by atoms with van der Waals surface area (Å²) >= 11 is 0. The fraction of sp³-hybridized carbons (Fsp3) is 0.667. The lowest BCUT2D eigenvalue weighted by Gasteiger charge is -2.24. The van der Waals surface area contributed by atoms with Crippen molar-refractivity contribution in [3.05, 3.63) is 23.9 Å². The molecule has 2 fully saturated rings. The van der Waals surface area contributed by atoms with Crippen molar-refractivity contribution in [3.63, 3.8) is 0 Å². The lowest BCUT2D eigenvalue weighted by atomic mass is 10.1. The predicted octanol–water partition coefficient (Wildman–Crippen LogP) is 1.66. The molecule has 104 valence electrons. The molecule has 1 unspecified atom stereocenters. The van der Waals surface area contributed by atoms with Crippen LogP contribution in [0.3, 0.4) is 0 Å². The van der Waals surface area contributed by atoms with Crippen LogP contribution in [0.2, 0.25) is 0 Å². The van der Waals surface area contributed by atoms with E-state index in [0.29, 0.717) is 11.9 Å². The first-order chi connectivity index (χ1) is 9.35. The zero-order valence-corrected chi connectivity index (χ0v) is 11.6. The van der Waals surface area contributed by atoms with Gasteiger partial charge in [0, 0.05) is 31.4 Å². The van der Waals surface area contributed by atoms with Crippen molar-refractivity contribution in [2.24, 2.45) is 5.92 Å². The minimum absolute atomic E-state index is 0.692. The van der Waals surface area contributed by atoms with Crippen LogP contribution in [0.1, 0.15) is 24.8 Å². The van der Waals surface area contributed by atoms with Crippen molar-refractivity contribution in [3.8, 4) is 5.88 Å². The lowest BCUT2D eigenvalue weighted by molar-refractivity contribution is 0.250. The Balaban J connectivity index is 1.60. The first-order valence-corrected chi connectivity index (χ1v) is 7.30. The van der Waals surface area contributed by atoms with Crippen molar-refractivity contribution in [2.75, 3.05) is 26.7 Å². The van der Waals surface area contributed by atoms with E-state index < -0.39 is 0 Å². The van der Waals surface area contributed by atoms with E-state index in [2.05, 4.69) is 21.3 Å². The molecular weight excluding hydrogens is 238 g/mol. The van der Waals surface area contributed by atoms with Gasteiger partial charge in [-0.1, -0.05) is 6.07 Å². The van der Waals surface area contributed by atoms with Gasteiger partial charge < -0.3 is 10.1 Å². The Morgan fingerprint density at radius 2 is 2.32 bits per heavy atom. The van der Waals surface area contributed by atoms with Crippen molar-refractivity contribution in [1.29, 1.82) is 0 Å². The molecule has 1 aromatic heterocycles. The van der Waals surface area contributed by atoms with E-state index in [1.807, 2.05) is 12.3 Å². The van der Waals surface area contributed by atoms with Crippen LogP contribution in [0.4, 0.5) is 0 Å². The van der Waals surface area contributed by atoms with Crippen molar-refractivity contribution in [1.82, 2.24) is 15.2 Å². The van der Waals surface area contributed by atoms with Gasteiger partial charge >= 0.3 is 0 Å². The third kappa shape index (κ3) is 3.45. The van der Waals surface area contributed by atoms with E-state index in [4.69, 9.17) is 4.74 Å². The summed E-state index contributed by atoms with van der Waals surface area (Å²) in [5.74, 6) is 1.62. The SMILES string of the molecule is COc1ccc(CN2CCCNC(C3CC3)C2)cn1. The summed E-state index contributed by atoms with van der Waals surface area (Å²) in [6.07, 6.45) is 6.00. The molecule has 4 heteroatoms. The Kier molecular flexibility index (Phi) is 3.99. The number of rotatable bonds is 4. The maximum absolute atomic E-state index is 5.10. The molecule has 1 aliphatic heterocycles. The minimum Gasteiger partial charge on any atom is -0.481 e. The summed E-state index contributed by atoms with van der Waals surface area (Å²) in [5, 5.41) is 3.70. The smallest absolute Gasteiger partial charge is 0.212 e. The van der Waals surface area contributed by atoms with Gasteiger partial charge in [0.2, 0.25) is 5.88 Å². The van der Waals surface area contributed by atoms with Crippen molar-refractivity contribution >= 4 is 0 Å². The molecule has 19 heavy (non-hydrogen) atoms. The molecule has 2 aliphatic rings. The van der Waals surface area contributed by atoms with E-state index >= 15 is 0 Å². The fourth-order valence-electron chi connectivity index (χ4n) is 2.87. The maximum atomic E-state index is 5.10. The molecule has 0 bridgehead atoms. The number of hydrogen-bond donors (Lipinski definition) is 1. The molecule has 0 spiro atoms. The van der Waals surface area contributed by atoms with E-state index in [1.54, 1.807) is 7.11 Å². The van der Waals surface area contributed by atoms with Crippen molar-refractivity contribution < 1.29 is 4.74 Å². The second-order valence-corrected chi connectivity index (χ2v) is 5.70. The highest BCUT2D eigenvalue weighted by Crippen LogP contribution is 2.33. The molecule has 3 rings (SSSR count). The van der Waals surface area contributed by atoms with E-state index in [9.17, 15) is 0 Å². The highest BCUT2D eigenvalue weighted by atomic mass is 16.5. The van der Waals surface area contributed by atoms with Gasteiger partial charge in [0.1, 0.15) is 0 Å². The Bertz CT molecular complexity index is 402. The Morgan fingerprint density at radius 1 is 1.42 bits per heavy atom. The van der Waals surface area contributed by atoms with Crippen molar-refractivity contribution in [2.45, 2.75) is 31.8 Å². The summed E-state index contributed by atoms with van der Waals surface area (Å²) in [4.78, 5) is 6.85. The number of aromatic nitrogens is 1. The second kappa shape index (κ2) is 5.88. The van der Waals surface area contributed by atoms with Crippen LogP contribution >= 0.6 is 0 Å². The molecule has 1 aromatic rings. The third-order valence-electron chi connectivity index (χ3n) is 4.12. The summed E-state index contributed by atoms with van der Waals surface area (Å²) in [6.45, 7) is 4.53. The van der Waals surface area contributed by atoms with Crippen LogP contribution in [0.25, 0.3) is 0 Å². The van der Waals surface area contributed by atoms with Crippen LogP contribution in [0.5, 0.6) is 5.88 Å². The zero-order valence-electron chi connectivity index (χ0n) is 11.6. The van der Waals surface area contributed by atoms with Gasteiger partial charge in [-0.25, -0.2) is 4.98 Å². The topological polar surface area (TPSA) is 37.4 Å². The van der Waals surface area contributed by atoms with Crippen LogP contribution in [-0.2, 0) is 6.54 Å². The standard InChI is InChI=1S/C15H23N3O/c1-19-15-6-3-12(9-17-15)10-18-8-2-7-16-14(11-18)13-4-5-13/h3,6,9,13-14,16H,2,4-5,7-8,10-11H2,1H3. The molecule has 1 saturated heterocycles. The van der Waals surface area contributed by atoms with Gasteiger partial charge in [0.05, 0.1) is 7.11 Å². The van der Waals surface area contributed by atoms with Gasteiger partial charge in [-0.3, -0.25) is 4.90 Å². The maximum Gasteiger partial charge on any atom is 0.212 e. The van der Waals surface area contributed by atoms with Crippen LogP contribution in [-0.4, -0.2) is 42.7 Å². The predicted molar refractivity (Wildman–Crippen MR) is 75.2 cm³/mol. The van der Waals surface area contributed by atoms with E-state index in [0.717, 1.165) is 12.5 Å². The number of methoxy groups -OCH3 is 1. The molecule has 2 heterocycles. The summed E-state index contributed by atoms with van der Waals surface area (Å²) in [6, 6.07) is 4.77. The molecular formula is C15H23N3O. The highest BCUT2D eigenvalue weighted by Gasteiger charge is 2.32. The highest BCUT2D eigenvalue weighted by molar-refractivity contribution is 5.17. The summed E-state index contributed by atoms with van der Waals surface area (Å²) < 4.78 is 5.10. The van der Waals surface area contributed by atoms with Gasteiger partial charge in [-0.2, -0.15) is 0 Å². The van der Waals surface area contributed by atoms with Gasteiger partial charge in [0.25, 0.3) is 0 Å². The first-order valence-electron chi connectivity index (χ1n) is 7.30. The van der Waals surface area contributed by atoms with Gasteiger partial charge in [0.15, 0.2) is 0 Å². The molecule has 0 amide bonds. The Morgan fingerprint density at radius 3 is 3.00 bits per heavy atom. The quantitative estimate of drug-likeness (QED) is 0.894. The average Bonchev–Trinajstić information content (AvgIpc) is 3.26. The van der Waals surface area contributed by atoms with Crippen LogP contribution in [0.15, 0.2) is 18.3 Å². The number of nitrogens with zero attached hydrogens (tertiary/aromatic N) is 2. The van der Waals surface area contributed by atoms with Gasteiger partial charge in [-0.05, 0) is 43.8 Å².